The molecule has 1 heterocycles. The lowest BCUT2D eigenvalue weighted by Gasteiger charge is -2.01. The summed E-state index contributed by atoms with van der Waals surface area (Å²) in [6.07, 6.45) is 4.03. The molecule has 0 radical (unpaired) electrons. The molecule has 0 atom stereocenters. The Hall–Kier alpha value is -1.25. The smallest absolute Gasteiger partial charge is 0.273 e. The first kappa shape index (κ1) is 6.46. The molecule has 2 N–H and O–H groups in total. The zero-order valence-electron chi connectivity index (χ0n) is 6.16. The van der Waals surface area contributed by atoms with E-state index >= 15 is 0 Å². The Labute approximate surface area is 64.5 Å². The van der Waals surface area contributed by atoms with Crippen LogP contribution >= 0.6 is 0 Å². The quantitative estimate of drug-likeness (QED) is 0.642. The number of anilines is 1. The molecule has 0 unspecified atom stereocenters. The van der Waals surface area contributed by atoms with Gasteiger partial charge in [-0.2, -0.15) is 0 Å². The van der Waals surface area contributed by atoms with E-state index in [0.29, 0.717) is 11.7 Å². The maximum atomic E-state index is 11.3. The molecule has 1 fully saturated rings. The zero-order chi connectivity index (χ0) is 7.84. The summed E-state index contributed by atoms with van der Waals surface area (Å²) in [5, 5.41) is 0. The fourth-order valence-electron chi connectivity index (χ4n) is 1.17. The van der Waals surface area contributed by atoms with Crippen LogP contribution in [0.4, 0.5) is 5.69 Å². The van der Waals surface area contributed by atoms with E-state index in [2.05, 4.69) is 0 Å². The number of hydrogen-bond acceptors (Lipinski definition) is 2. The maximum absolute atomic E-state index is 11.3. The molecule has 1 aliphatic carbocycles. The maximum Gasteiger partial charge on any atom is 0.273 e. The third-order valence-corrected chi connectivity index (χ3v) is 1.94. The predicted octanol–water partition coefficient (Wildman–Crippen LogP) is 0.765. The summed E-state index contributed by atoms with van der Waals surface area (Å²) < 4.78 is 1.72. The van der Waals surface area contributed by atoms with Crippen molar-refractivity contribution in [3.8, 4) is 0 Å². The van der Waals surface area contributed by atoms with Crippen molar-refractivity contribution in [2.45, 2.75) is 18.9 Å². The van der Waals surface area contributed by atoms with Gasteiger partial charge in [-0.3, -0.25) is 4.79 Å². The number of rotatable bonds is 1. The predicted molar refractivity (Wildman–Crippen MR) is 43.4 cm³/mol. The van der Waals surface area contributed by atoms with E-state index in [1.54, 1.807) is 16.8 Å². The fourth-order valence-corrected chi connectivity index (χ4v) is 1.17. The van der Waals surface area contributed by atoms with Gasteiger partial charge in [0.05, 0.1) is 5.69 Å². The fraction of sp³-hybridized carbons (Fsp3) is 0.375. The van der Waals surface area contributed by atoms with E-state index in [1.165, 1.54) is 0 Å². The van der Waals surface area contributed by atoms with Crippen molar-refractivity contribution in [1.82, 2.24) is 4.57 Å². The first-order chi connectivity index (χ1) is 5.29. The molecule has 1 aromatic rings. The molecule has 58 valence electrons. The number of nitrogens with zero attached hydrogens (tertiary/aromatic N) is 1. The molecule has 2 rings (SSSR count). The van der Waals surface area contributed by atoms with Crippen LogP contribution in [0.5, 0.6) is 0 Å². The Kier molecular flexibility index (Phi) is 1.24. The van der Waals surface area contributed by atoms with Gasteiger partial charge >= 0.3 is 0 Å². The number of aromatic nitrogens is 1. The second kappa shape index (κ2) is 2.12. The minimum atomic E-state index is -0.0463. The summed E-state index contributed by atoms with van der Waals surface area (Å²) in [5.74, 6) is 0. The van der Waals surface area contributed by atoms with Crippen LogP contribution in [0.25, 0.3) is 0 Å². The normalized spacial score (nSPS) is 16.7. The summed E-state index contributed by atoms with van der Waals surface area (Å²) in [7, 11) is 0. The zero-order valence-corrected chi connectivity index (χ0v) is 6.16. The van der Waals surface area contributed by atoms with E-state index in [4.69, 9.17) is 5.73 Å². The lowest BCUT2D eigenvalue weighted by Crippen LogP contribution is -2.20. The monoisotopic (exact) mass is 150 g/mol. The van der Waals surface area contributed by atoms with E-state index in [-0.39, 0.29) is 5.56 Å². The minimum absolute atomic E-state index is 0.0463. The SMILES string of the molecule is Nc1cccn(C2CC2)c1=O. The highest BCUT2D eigenvalue weighted by molar-refractivity contribution is 5.33. The molecule has 1 saturated carbocycles. The number of nitrogens with two attached hydrogens (primary N) is 1. The molecule has 0 spiro atoms. The standard InChI is InChI=1S/C8H10N2O/c9-7-2-1-5-10(8(7)11)6-3-4-6/h1-2,5-6H,3-4,9H2. The highest BCUT2D eigenvalue weighted by Crippen LogP contribution is 2.33. The van der Waals surface area contributed by atoms with Gasteiger partial charge in [-0.25, -0.2) is 0 Å². The molecule has 1 aromatic heterocycles. The van der Waals surface area contributed by atoms with Crippen LogP contribution < -0.4 is 11.3 Å². The summed E-state index contributed by atoms with van der Waals surface area (Å²) in [6, 6.07) is 3.88. The van der Waals surface area contributed by atoms with Crippen LogP contribution in [0.15, 0.2) is 23.1 Å². The average Bonchev–Trinajstić information content (AvgIpc) is 2.77. The van der Waals surface area contributed by atoms with Gasteiger partial charge in [0.2, 0.25) is 0 Å². The van der Waals surface area contributed by atoms with E-state index in [9.17, 15) is 4.79 Å². The molecule has 0 aliphatic heterocycles. The Balaban J connectivity index is 2.54. The van der Waals surface area contributed by atoms with Gasteiger partial charge in [-0.15, -0.1) is 0 Å². The van der Waals surface area contributed by atoms with Gasteiger partial charge in [0, 0.05) is 12.2 Å². The largest absolute Gasteiger partial charge is 0.394 e. The molecule has 3 heteroatoms. The molecule has 1 aliphatic rings. The highest BCUT2D eigenvalue weighted by atomic mass is 16.1. The topological polar surface area (TPSA) is 48.0 Å². The first-order valence-corrected chi connectivity index (χ1v) is 3.75. The Morgan fingerprint density at radius 2 is 2.27 bits per heavy atom. The van der Waals surface area contributed by atoms with Crippen LogP contribution in [0.3, 0.4) is 0 Å². The van der Waals surface area contributed by atoms with Crippen molar-refractivity contribution in [3.05, 3.63) is 28.7 Å². The van der Waals surface area contributed by atoms with Crippen molar-refractivity contribution in [3.63, 3.8) is 0 Å². The lowest BCUT2D eigenvalue weighted by atomic mass is 10.4. The second-order valence-electron chi connectivity index (χ2n) is 2.91. The molecule has 0 amide bonds. The van der Waals surface area contributed by atoms with Crippen LogP contribution in [0, 0.1) is 0 Å². The summed E-state index contributed by atoms with van der Waals surface area (Å²) in [5.41, 5.74) is 5.75. The van der Waals surface area contributed by atoms with E-state index < -0.39 is 0 Å². The number of nitrogen functional groups attached to an aromatic ring is 1. The Morgan fingerprint density at radius 1 is 1.55 bits per heavy atom. The van der Waals surface area contributed by atoms with Crippen molar-refractivity contribution in [2.75, 3.05) is 5.73 Å². The van der Waals surface area contributed by atoms with Crippen molar-refractivity contribution in [1.29, 1.82) is 0 Å². The van der Waals surface area contributed by atoms with Crippen molar-refractivity contribution in [2.24, 2.45) is 0 Å². The van der Waals surface area contributed by atoms with Crippen LogP contribution in [0.1, 0.15) is 18.9 Å². The van der Waals surface area contributed by atoms with E-state index in [0.717, 1.165) is 12.8 Å². The minimum Gasteiger partial charge on any atom is -0.394 e. The molecular formula is C8H10N2O. The third kappa shape index (κ3) is 1.02. The van der Waals surface area contributed by atoms with Gasteiger partial charge in [-0.05, 0) is 25.0 Å². The van der Waals surface area contributed by atoms with Gasteiger partial charge < -0.3 is 10.3 Å². The Morgan fingerprint density at radius 3 is 2.91 bits per heavy atom. The van der Waals surface area contributed by atoms with Gasteiger partial charge in [0.1, 0.15) is 0 Å². The lowest BCUT2D eigenvalue weighted by molar-refractivity contribution is 0.710. The van der Waals surface area contributed by atoms with E-state index in [1.807, 2.05) is 6.07 Å². The summed E-state index contributed by atoms with van der Waals surface area (Å²) in [4.78, 5) is 11.3. The van der Waals surface area contributed by atoms with Crippen molar-refractivity contribution >= 4 is 5.69 Å². The number of pyridine rings is 1. The Bertz CT molecular complexity index is 325. The van der Waals surface area contributed by atoms with Gasteiger partial charge in [-0.1, -0.05) is 0 Å². The first-order valence-electron chi connectivity index (χ1n) is 3.75. The summed E-state index contributed by atoms with van der Waals surface area (Å²) >= 11 is 0. The molecule has 0 aromatic carbocycles. The van der Waals surface area contributed by atoms with Gasteiger partial charge in [0.25, 0.3) is 5.56 Å². The third-order valence-electron chi connectivity index (χ3n) is 1.94. The second-order valence-corrected chi connectivity index (χ2v) is 2.91. The molecule has 0 bridgehead atoms. The van der Waals surface area contributed by atoms with Crippen LogP contribution in [-0.2, 0) is 0 Å². The summed E-state index contributed by atoms with van der Waals surface area (Å²) in [6.45, 7) is 0. The van der Waals surface area contributed by atoms with Crippen LogP contribution in [-0.4, -0.2) is 4.57 Å². The molecular weight excluding hydrogens is 140 g/mol. The molecule has 11 heavy (non-hydrogen) atoms. The van der Waals surface area contributed by atoms with Crippen molar-refractivity contribution < 1.29 is 0 Å². The van der Waals surface area contributed by atoms with Crippen LogP contribution in [0.2, 0.25) is 0 Å². The average molecular weight is 150 g/mol. The number of hydrogen-bond donors (Lipinski definition) is 1. The highest BCUT2D eigenvalue weighted by Gasteiger charge is 2.24. The van der Waals surface area contributed by atoms with Gasteiger partial charge in [0.15, 0.2) is 0 Å². The molecule has 3 nitrogen and oxygen atoms in total. The molecule has 0 saturated heterocycles.